The van der Waals surface area contributed by atoms with E-state index >= 15 is 0 Å². The Morgan fingerprint density at radius 2 is 0.926 bits per heavy atom. The molecule has 1 heterocycles. The molecule has 0 saturated carbocycles. The summed E-state index contributed by atoms with van der Waals surface area (Å²) in [5.74, 6) is 0.869. The quantitative estimate of drug-likeness (QED) is 0.0585. The first-order valence-electron chi connectivity index (χ1n) is 16.0. The lowest BCUT2D eigenvalue weighted by Gasteiger charge is -2.43. The topological polar surface area (TPSA) is 160 Å². The van der Waals surface area contributed by atoms with Crippen molar-refractivity contribution in [3.05, 3.63) is 190 Å². The first kappa shape index (κ1) is 36.3. The molecular weight excluding hydrogens is 755 g/mol. The molecule has 54 heavy (non-hydrogen) atoms. The minimum Gasteiger partial charge on any atom is -0.437 e. The molecule has 0 fully saturated rings. The van der Waals surface area contributed by atoms with E-state index in [-0.39, 0.29) is 28.7 Å². The van der Waals surface area contributed by atoms with Crippen LogP contribution in [0.2, 0.25) is 0 Å². The molecule has 0 aromatic heterocycles. The van der Waals surface area contributed by atoms with Gasteiger partial charge in [-0.1, -0.05) is 97.1 Å². The van der Waals surface area contributed by atoms with E-state index in [0.717, 1.165) is 4.60 Å². The molecule has 272 valence electrons. The number of benzene rings is 6. The van der Waals surface area contributed by atoms with Crippen molar-refractivity contribution in [2.75, 3.05) is 0 Å². The highest BCUT2D eigenvalue weighted by Crippen LogP contribution is 2.78. The van der Waals surface area contributed by atoms with E-state index < -0.39 is 40.1 Å². The lowest BCUT2D eigenvalue weighted by atomic mass is 10.3. The van der Waals surface area contributed by atoms with Gasteiger partial charge < -0.3 is 27.8 Å². The van der Waals surface area contributed by atoms with Gasteiger partial charge in [0.05, 0.1) is 9.85 Å². The van der Waals surface area contributed by atoms with E-state index in [1.807, 2.05) is 6.07 Å². The second-order valence-corrected chi connectivity index (χ2v) is 16.4. The monoisotopic (exact) mass is 783 g/mol. The molecule has 0 saturated heterocycles. The van der Waals surface area contributed by atoms with Crippen LogP contribution in [0.4, 0.5) is 11.4 Å². The van der Waals surface area contributed by atoms with Crippen LogP contribution in [-0.2, 0) is 0 Å². The fourth-order valence-corrected chi connectivity index (χ4v) is 12.2. The molecule has 2 atom stereocenters. The molecule has 0 aliphatic carbocycles. The van der Waals surface area contributed by atoms with Crippen molar-refractivity contribution in [1.82, 2.24) is 9.21 Å². The minimum absolute atomic E-state index is 0.180. The Bertz CT molecular complexity index is 2220. The molecule has 6 aromatic carbocycles. The second-order valence-electron chi connectivity index (χ2n) is 10.8. The van der Waals surface area contributed by atoms with E-state index in [9.17, 15) is 20.2 Å². The number of hydrogen-bond acceptors (Lipinski definition) is 13. The summed E-state index contributed by atoms with van der Waals surface area (Å²) in [6.07, 6.45) is 0. The highest BCUT2D eigenvalue weighted by atomic mass is 31.3. The molecule has 15 nitrogen and oxygen atoms in total. The standard InChI is InChI=1S/C36H28N5O10P3/c42-38(43)33-25-13-15-27-35(33)47-41-53(49-36-28-16-14-26-34(36)39(44)45)40(46-29-17-5-1-6-18-29)52(48-30-19-7-2-8-20-30)37-54(41,50-31-21-9-3-10-22-31)51-32-23-11-4-12-24-32/h1-28H. The Morgan fingerprint density at radius 1 is 0.500 bits per heavy atom. The lowest BCUT2D eigenvalue weighted by Crippen LogP contribution is -2.37. The summed E-state index contributed by atoms with van der Waals surface area (Å²) in [6.45, 7) is 0. The van der Waals surface area contributed by atoms with E-state index in [1.54, 1.807) is 127 Å². The molecule has 2 unspecified atom stereocenters. The van der Waals surface area contributed by atoms with Gasteiger partial charge in [-0.2, -0.15) is 0 Å². The zero-order valence-corrected chi connectivity index (χ0v) is 30.5. The second kappa shape index (κ2) is 16.7. The number of nitro benzene ring substituents is 2. The van der Waals surface area contributed by atoms with Crippen molar-refractivity contribution in [1.29, 1.82) is 0 Å². The van der Waals surface area contributed by atoms with Crippen LogP contribution in [0.25, 0.3) is 0 Å². The van der Waals surface area contributed by atoms with Gasteiger partial charge >= 0.3 is 35.9 Å². The van der Waals surface area contributed by atoms with Gasteiger partial charge in [-0.3, -0.25) is 20.2 Å². The van der Waals surface area contributed by atoms with Crippen LogP contribution in [0.15, 0.2) is 174 Å². The lowest BCUT2D eigenvalue weighted by molar-refractivity contribution is -0.386. The number of hydrogen-bond donors (Lipinski definition) is 0. The van der Waals surface area contributed by atoms with Crippen LogP contribution < -0.4 is 27.8 Å². The van der Waals surface area contributed by atoms with Crippen molar-refractivity contribution in [2.24, 2.45) is 4.52 Å². The van der Waals surface area contributed by atoms with E-state index in [2.05, 4.69) is 0 Å². The Morgan fingerprint density at radius 3 is 1.44 bits per heavy atom. The van der Waals surface area contributed by atoms with Gasteiger partial charge in [0.2, 0.25) is 11.5 Å². The van der Waals surface area contributed by atoms with Gasteiger partial charge in [-0.15, -0.1) is 4.52 Å². The first-order chi connectivity index (χ1) is 26.4. The predicted octanol–water partition coefficient (Wildman–Crippen LogP) is 11.1. The van der Waals surface area contributed by atoms with Crippen molar-refractivity contribution < 1.29 is 37.6 Å². The molecule has 1 aliphatic heterocycles. The van der Waals surface area contributed by atoms with Crippen LogP contribution in [0.3, 0.4) is 0 Å². The van der Waals surface area contributed by atoms with Gasteiger partial charge in [0.25, 0.3) is 0 Å². The van der Waals surface area contributed by atoms with Crippen LogP contribution >= 0.6 is 24.6 Å². The summed E-state index contributed by atoms with van der Waals surface area (Å²) in [4.78, 5) is 36.5. The van der Waals surface area contributed by atoms with E-state index in [4.69, 9.17) is 32.3 Å². The maximum atomic E-state index is 12.3. The average molecular weight is 784 g/mol. The smallest absolute Gasteiger partial charge is 0.437 e. The Balaban J connectivity index is 1.52. The number of nitro groups is 2. The van der Waals surface area contributed by atoms with E-state index in [0.29, 0.717) is 11.5 Å². The highest BCUT2D eigenvalue weighted by molar-refractivity contribution is 7.78. The first-order valence-corrected chi connectivity index (χ1v) is 19.9. The largest absolute Gasteiger partial charge is 0.447 e. The molecule has 6 aromatic rings. The van der Waals surface area contributed by atoms with E-state index in [1.165, 1.54) is 41.0 Å². The van der Waals surface area contributed by atoms with Crippen molar-refractivity contribution in [3.8, 4) is 34.5 Å². The van der Waals surface area contributed by atoms with Crippen LogP contribution in [-0.4, -0.2) is 19.1 Å². The van der Waals surface area contributed by atoms with Crippen molar-refractivity contribution in [3.63, 3.8) is 0 Å². The predicted molar refractivity (Wildman–Crippen MR) is 203 cm³/mol. The third kappa shape index (κ3) is 8.42. The maximum absolute atomic E-state index is 12.3. The van der Waals surface area contributed by atoms with Gasteiger partial charge in [0, 0.05) is 21.3 Å². The zero-order valence-electron chi connectivity index (χ0n) is 27.8. The Hall–Kier alpha value is -6.07. The third-order valence-corrected chi connectivity index (χ3v) is 14.0. The number of nitrogens with zero attached hydrogens (tertiary/aromatic N) is 5. The van der Waals surface area contributed by atoms with Crippen molar-refractivity contribution in [2.45, 2.75) is 0 Å². The minimum atomic E-state index is -4.20. The summed E-state index contributed by atoms with van der Waals surface area (Å²) in [7, 11) is -9.29. The van der Waals surface area contributed by atoms with Crippen LogP contribution in [0.1, 0.15) is 0 Å². The summed E-state index contributed by atoms with van der Waals surface area (Å²) >= 11 is 0. The molecule has 7 rings (SSSR count). The third-order valence-electron chi connectivity index (χ3n) is 7.12. The molecule has 0 radical (unpaired) electrons. The van der Waals surface area contributed by atoms with Crippen LogP contribution in [0.5, 0.6) is 34.5 Å². The fraction of sp³-hybridized carbons (Fsp3) is 0. The van der Waals surface area contributed by atoms with Gasteiger partial charge in [-0.05, 0) is 60.7 Å². The molecule has 1 aliphatic rings. The molecule has 0 N–H and O–H groups in total. The van der Waals surface area contributed by atoms with Gasteiger partial charge in [0.15, 0.2) is 0 Å². The summed E-state index contributed by atoms with van der Waals surface area (Å²) < 4.78 is 34.2. The SMILES string of the molecule is O=[N+]([O-])c1ccccc1ON1P(Oc2ccccc2[N+](=O)[O-])N(Oc2ccccc2)P(Oc2ccccc2)N=P1(Oc1ccccc1)Oc1ccccc1. The number of para-hydroxylation sites is 8. The van der Waals surface area contributed by atoms with Gasteiger partial charge in [0.1, 0.15) is 23.0 Å². The van der Waals surface area contributed by atoms with Crippen LogP contribution in [0, 0.1) is 20.2 Å². The average Bonchev–Trinajstić information content (AvgIpc) is 3.19. The molecule has 18 heteroatoms. The zero-order chi connectivity index (χ0) is 37.3. The summed E-state index contributed by atoms with van der Waals surface area (Å²) in [6, 6.07) is 46.1. The summed E-state index contributed by atoms with van der Waals surface area (Å²) in [5, 5.41) is 24.7. The highest BCUT2D eigenvalue weighted by Gasteiger charge is 2.58. The van der Waals surface area contributed by atoms with Gasteiger partial charge in [-0.25, -0.2) is 0 Å². The molecule has 0 amide bonds. The number of rotatable bonds is 14. The summed E-state index contributed by atoms with van der Waals surface area (Å²) in [5.41, 5.74) is -0.780. The molecule has 0 bridgehead atoms. The Kier molecular flexibility index (Phi) is 11.2. The van der Waals surface area contributed by atoms with Crippen molar-refractivity contribution >= 4 is 35.9 Å². The normalized spacial score (nSPS) is 16.6. The fourth-order valence-electron chi connectivity index (χ4n) is 4.73. The Labute approximate surface area is 311 Å². The maximum Gasteiger partial charge on any atom is 0.447 e. The molecular formula is C36H28N5O10P3. The molecule has 0 spiro atoms.